The smallest absolute Gasteiger partial charge is 0.223 e. The van der Waals surface area contributed by atoms with Crippen molar-refractivity contribution in [2.24, 2.45) is 5.92 Å². The van der Waals surface area contributed by atoms with Gasteiger partial charge in [-0.2, -0.15) is 0 Å². The van der Waals surface area contributed by atoms with E-state index in [2.05, 4.69) is 29.1 Å². The lowest BCUT2D eigenvalue weighted by atomic mass is 10.0. The number of hydrogen-bond donors (Lipinski definition) is 2. The van der Waals surface area contributed by atoms with Gasteiger partial charge in [0.25, 0.3) is 0 Å². The van der Waals surface area contributed by atoms with E-state index in [9.17, 15) is 0 Å². The predicted octanol–water partition coefficient (Wildman–Crippen LogP) is 1.91. The summed E-state index contributed by atoms with van der Waals surface area (Å²) in [6.07, 6.45) is 0.716. The number of rotatable bonds is 5. The van der Waals surface area contributed by atoms with Crippen molar-refractivity contribution in [3.05, 3.63) is 17.5 Å². The number of aliphatic hydroxyl groups excluding tert-OH is 1. The van der Waals surface area contributed by atoms with E-state index >= 15 is 0 Å². The maximum absolute atomic E-state index is 8.99. The van der Waals surface area contributed by atoms with Gasteiger partial charge >= 0.3 is 0 Å². The minimum Gasteiger partial charge on any atom is -0.396 e. The van der Waals surface area contributed by atoms with Crippen LogP contribution in [-0.2, 0) is 0 Å². The number of aliphatic hydroxyl groups is 1. The summed E-state index contributed by atoms with van der Waals surface area (Å²) >= 11 is 0. The Bertz CT molecular complexity index is 319. The molecule has 1 unspecified atom stereocenters. The molecule has 0 aromatic carbocycles. The van der Waals surface area contributed by atoms with Gasteiger partial charge in [0.2, 0.25) is 5.95 Å². The van der Waals surface area contributed by atoms with E-state index in [-0.39, 0.29) is 12.6 Å². The average Bonchev–Trinajstić information content (AvgIpc) is 2.15. The van der Waals surface area contributed by atoms with Gasteiger partial charge in [-0.1, -0.05) is 13.8 Å². The van der Waals surface area contributed by atoms with Crippen LogP contribution in [0.1, 0.15) is 31.7 Å². The number of nitrogens with zero attached hydrogens (tertiary/aromatic N) is 2. The molecule has 4 nitrogen and oxygen atoms in total. The highest BCUT2D eigenvalue weighted by atomic mass is 16.3. The molecule has 0 radical (unpaired) electrons. The zero-order valence-corrected chi connectivity index (χ0v) is 10.5. The van der Waals surface area contributed by atoms with Gasteiger partial charge in [-0.25, -0.2) is 9.97 Å². The van der Waals surface area contributed by atoms with E-state index in [0.717, 1.165) is 11.4 Å². The molecule has 90 valence electrons. The lowest BCUT2D eigenvalue weighted by Crippen LogP contribution is -2.28. The van der Waals surface area contributed by atoms with Crippen LogP contribution in [0.3, 0.4) is 0 Å². The molecule has 0 bridgehead atoms. The quantitative estimate of drug-likeness (QED) is 0.800. The molecule has 0 saturated heterocycles. The summed E-state index contributed by atoms with van der Waals surface area (Å²) < 4.78 is 0. The van der Waals surface area contributed by atoms with E-state index in [1.54, 1.807) is 0 Å². The van der Waals surface area contributed by atoms with E-state index in [0.29, 0.717) is 18.3 Å². The second-order valence-electron chi connectivity index (χ2n) is 4.48. The summed E-state index contributed by atoms with van der Waals surface area (Å²) in [5.41, 5.74) is 1.92. The van der Waals surface area contributed by atoms with E-state index < -0.39 is 0 Å². The molecular formula is C12H21N3O. The van der Waals surface area contributed by atoms with Crippen molar-refractivity contribution >= 4 is 5.95 Å². The van der Waals surface area contributed by atoms with Crippen LogP contribution in [0.25, 0.3) is 0 Å². The highest BCUT2D eigenvalue weighted by Gasteiger charge is 2.13. The maximum Gasteiger partial charge on any atom is 0.223 e. The molecule has 0 saturated carbocycles. The van der Waals surface area contributed by atoms with Gasteiger partial charge in [-0.15, -0.1) is 0 Å². The number of anilines is 1. The fourth-order valence-electron chi connectivity index (χ4n) is 1.67. The van der Waals surface area contributed by atoms with Crippen molar-refractivity contribution in [3.63, 3.8) is 0 Å². The third-order valence-corrected chi connectivity index (χ3v) is 2.54. The molecular weight excluding hydrogens is 202 g/mol. The van der Waals surface area contributed by atoms with Crippen LogP contribution in [0.2, 0.25) is 0 Å². The Morgan fingerprint density at radius 3 is 2.25 bits per heavy atom. The van der Waals surface area contributed by atoms with Crippen molar-refractivity contribution < 1.29 is 5.11 Å². The zero-order valence-electron chi connectivity index (χ0n) is 10.5. The van der Waals surface area contributed by atoms with Crippen LogP contribution < -0.4 is 5.32 Å². The number of aryl methyl sites for hydroxylation is 2. The molecule has 1 heterocycles. The standard InChI is InChI=1S/C12H21N3O/c1-8(2)11(5-6-16)15-12-13-9(3)7-10(4)14-12/h7-8,11,16H,5-6H2,1-4H3,(H,13,14,15). The SMILES string of the molecule is Cc1cc(C)nc(NC(CCO)C(C)C)n1. The topological polar surface area (TPSA) is 58.0 Å². The summed E-state index contributed by atoms with van der Waals surface area (Å²) in [5.74, 6) is 1.10. The first-order valence-electron chi connectivity index (χ1n) is 5.72. The lowest BCUT2D eigenvalue weighted by molar-refractivity contribution is 0.267. The summed E-state index contributed by atoms with van der Waals surface area (Å²) in [7, 11) is 0. The summed E-state index contributed by atoms with van der Waals surface area (Å²) in [5, 5.41) is 12.3. The Balaban J connectivity index is 2.76. The molecule has 1 aromatic heterocycles. The van der Waals surface area contributed by atoms with E-state index in [4.69, 9.17) is 5.11 Å². The molecule has 0 spiro atoms. The minimum absolute atomic E-state index is 0.181. The second kappa shape index (κ2) is 5.80. The molecule has 2 N–H and O–H groups in total. The Kier molecular flexibility index (Phi) is 4.68. The van der Waals surface area contributed by atoms with Crippen LogP contribution in [0.4, 0.5) is 5.95 Å². The van der Waals surface area contributed by atoms with Gasteiger partial charge in [-0.3, -0.25) is 0 Å². The lowest BCUT2D eigenvalue weighted by Gasteiger charge is -2.21. The van der Waals surface area contributed by atoms with Gasteiger partial charge in [0.1, 0.15) is 0 Å². The Labute approximate surface area is 97.1 Å². The average molecular weight is 223 g/mol. The molecule has 0 aliphatic rings. The summed E-state index contributed by atoms with van der Waals surface area (Å²) in [6, 6.07) is 2.16. The largest absolute Gasteiger partial charge is 0.396 e. The predicted molar refractivity (Wildman–Crippen MR) is 65.5 cm³/mol. The number of nitrogens with one attached hydrogen (secondary N) is 1. The van der Waals surface area contributed by atoms with Gasteiger partial charge in [0.05, 0.1) is 0 Å². The van der Waals surface area contributed by atoms with Crippen LogP contribution in [0.5, 0.6) is 0 Å². The summed E-state index contributed by atoms with van der Waals surface area (Å²) in [6.45, 7) is 8.33. The third kappa shape index (κ3) is 3.77. The number of aromatic nitrogens is 2. The first-order valence-corrected chi connectivity index (χ1v) is 5.72. The highest BCUT2D eigenvalue weighted by Crippen LogP contribution is 2.12. The molecule has 0 amide bonds. The summed E-state index contributed by atoms with van der Waals surface area (Å²) in [4.78, 5) is 8.67. The van der Waals surface area contributed by atoms with Gasteiger partial charge in [0, 0.05) is 24.0 Å². The van der Waals surface area contributed by atoms with Crippen molar-refractivity contribution in [3.8, 4) is 0 Å². The first-order chi connectivity index (χ1) is 7.52. The molecule has 1 aromatic rings. The van der Waals surface area contributed by atoms with Gasteiger partial charge in [0.15, 0.2) is 0 Å². The molecule has 1 rings (SSSR count). The van der Waals surface area contributed by atoms with Crippen LogP contribution in [-0.4, -0.2) is 27.7 Å². The van der Waals surface area contributed by atoms with Crippen molar-refractivity contribution in [1.29, 1.82) is 0 Å². The normalized spacial score (nSPS) is 12.9. The molecule has 0 aliphatic heterocycles. The zero-order chi connectivity index (χ0) is 12.1. The third-order valence-electron chi connectivity index (χ3n) is 2.54. The Hall–Kier alpha value is -1.16. The minimum atomic E-state index is 0.181. The maximum atomic E-state index is 8.99. The van der Waals surface area contributed by atoms with Gasteiger partial charge < -0.3 is 10.4 Å². The highest BCUT2D eigenvalue weighted by molar-refractivity contribution is 5.29. The second-order valence-corrected chi connectivity index (χ2v) is 4.48. The fraction of sp³-hybridized carbons (Fsp3) is 0.667. The van der Waals surface area contributed by atoms with Crippen molar-refractivity contribution in [1.82, 2.24) is 9.97 Å². The van der Waals surface area contributed by atoms with E-state index in [1.807, 2.05) is 19.9 Å². The fourth-order valence-corrected chi connectivity index (χ4v) is 1.67. The first kappa shape index (κ1) is 12.9. The van der Waals surface area contributed by atoms with E-state index in [1.165, 1.54) is 0 Å². The molecule has 0 fully saturated rings. The number of hydrogen-bond acceptors (Lipinski definition) is 4. The molecule has 1 atom stereocenters. The molecule has 4 heteroatoms. The molecule has 16 heavy (non-hydrogen) atoms. The molecule has 0 aliphatic carbocycles. The van der Waals surface area contributed by atoms with Crippen molar-refractivity contribution in [2.75, 3.05) is 11.9 Å². The van der Waals surface area contributed by atoms with Crippen LogP contribution >= 0.6 is 0 Å². The Morgan fingerprint density at radius 1 is 1.25 bits per heavy atom. The van der Waals surface area contributed by atoms with Crippen LogP contribution in [0.15, 0.2) is 6.07 Å². The van der Waals surface area contributed by atoms with Crippen LogP contribution in [0, 0.1) is 19.8 Å². The van der Waals surface area contributed by atoms with Crippen molar-refractivity contribution in [2.45, 2.75) is 40.2 Å². The Morgan fingerprint density at radius 2 is 1.81 bits per heavy atom. The monoisotopic (exact) mass is 223 g/mol. The van der Waals surface area contributed by atoms with Gasteiger partial charge in [-0.05, 0) is 32.3 Å².